The van der Waals surface area contributed by atoms with E-state index >= 15 is 0 Å². The van der Waals surface area contributed by atoms with E-state index in [1.807, 2.05) is 35.9 Å². The molecule has 4 aromatic rings. The molecule has 0 atom stereocenters. The molecule has 4 heterocycles. The van der Waals surface area contributed by atoms with Gasteiger partial charge in [-0.3, -0.25) is 5.10 Å². The minimum Gasteiger partial charge on any atom is -0.379 e. The average molecular weight is 457 g/mol. The second-order valence-corrected chi connectivity index (χ2v) is 8.61. The molecular weight excluding hydrogens is 435 g/mol. The Morgan fingerprint density at radius 2 is 2.00 bits per heavy atom. The van der Waals surface area contributed by atoms with E-state index in [-0.39, 0.29) is 11.2 Å². The Hall–Kier alpha value is -3.47. The summed E-state index contributed by atoms with van der Waals surface area (Å²) < 4.78 is 48.1. The van der Waals surface area contributed by atoms with Crippen LogP contribution in [0.5, 0.6) is 0 Å². The Bertz CT molecular complexity index is 1320. The number of anilines is 1. The Labute approximate surface area is 187 Å². The summed E-state index contributed by atoms with van der Waals surface area (Å²) in [5.74, 6) is 1.02. The predicted octanol–water partition coefficient (Wildman–Crippen LogP) is 3.35. The standard InChI is InChI=1S/C22H22F3N7O/c1-31(2)20-19-15(8-16(27-20)22(23,24)25)18(29-30-19)13-5-4-6-14(7-13)21(10-33-11-21)9-17-28-26-12-32(17)3/h4-8,12H,9-11H2,1-3H3,(H,29,30). The number of nitrogens with one attached hydrogen (secondary N) is 1. The Morgan fingerprint density at radius 1 is 1.21 bits per heavy atom. The SMILES string of the molecule is CN(C)c1nc(C(F)(F)F)cc2c(-c3cccc(C4(Cc5nncn5C)COC4)c3)n[nH]c12. The topological polar surface area (TPSA) is 84.8 Å². The van der Waals surface area contributed by atoms with Crippen LogP contribution in [0.2, 0.25) is 0 Å². The lowest BCUT2D eigenvalue weighted by Crippen LogP contribution is -2.49. The maximum atomic E-state index is 13.5. The highest BCUT2D eigenvalue weighted by molar-refractivity contribution is 5.98. The molecule has 1 aliphatic rings. The van der Waals surface area contributed by atoms with E-state index in [2.05, 4.69) is 25.4 Å². The summed E-state index contributed by atoms with van der Waals surface area (Å²) in [7, 11) is 5.19. The monoisotopic (exact) mass is 457 g/mol. The molecule has 172 valence electrons. The molecule has 1 saturated heterocycles. The minimum absolute atomic E-state index is 0.181. The molecule has 1 N–H and O–H groups in total. The van der Waals surface area contributed by atoms with Gasteiger partial charge in [-0.1, -0.05) is 18.2 Å². The molecule has 0 spiro atoms. The molecule has 0 bridgehead atoms. The van der Waals surface area contributed by atoms with Gasteiger partial charge in [0.05, 0.1) is 13.2 Å². The van der Waals surface area contributed by atoms with Crippen LogP contribution in [0.4, 0.5) is 19.0 Å². The number of nitrogens with zero attached hydrogens (tertiary/aromatic N) is 6. The number of alkyl halides is 3. The highest BCUT2D eigenvalue weighted by atomic mass is 19.4. The summed E-state index contributed by atoms with van der Waals surface area (Å²) in [4.78, 5) is 5.35. The van der Waals surface area contributed by atoms with Gasteiger partial charge in [0.2, 0.25) is 0 Å². The summed E-state index contributed by atoms with van der Waals surface area (Å²) >= 11 is 0. The number of benzene rings is 1. The van der Waals surface area contributed by atoms with Gasteiger partial charge >= 0.3 is 6.18 Å². The van der Waals surface area contributed by atoms with Gasteiger partial charge < -0.3 is 14.2 Å². The number of rotatable bonds is 5. The van der Waals surface area contributed by atoms with Crippen molar-refractivity contribution in [3.8, 4) is 11.3 Å². The van der Waals surface area contributed by atoms with Crippen LogP contribution in [-0.2, 0) is 29.8 Å². The molecule has 0 amide bonds. The summed E-state index contributed by atoms with van der Waals surface area (Å²) in [6.07, 6.45) is -2.27. The fourth-order valence-corrected chi connectivity index (χ4v) is 4.17. The van der Waals surface area contributed by atoms with Crippen LogP contribution in [0.15, 0.2) is 36.7 Å². The molecule has 1 fully saturated rings. The largest absolute Gasteiger partial charge is 0.433 e. The van der Waals surface area contributed by atoms with Crippen LogP contribution in [-0.4, -0.2) is 57.3 Å². The first-order valence-corrected chi connectivity index (χ1v) is 10.3. The van der Waals surface area contributed by atoms with Crippen molar-refractivity contribution in [1.29, 1.82) is 0 Å². The fourth-order valence-electron chi connectivity index (χ4n) is 4.17. The van der Waals surface area contributed by atoms with Crippen LogP contribution < -0.4 is 4.90 Å². The molecule has 33 heavy (non-hydrogen) atoms. The fraction of sp³-hybridized carbons (Fsp3) is 0.364. The van der Waals surface area contributed by atoms with Crippen LogP contribution in [0.1, 0.15) is 17.1 Å². The van der Waals surface area contributed by atoms with Crippen molar-refractivity contribution in [2.24, 2.45) is 7.05 Å². The lowest BCUT2D eigenvalue weighted by atomic mass is 9.75. The van der Waals surface area contributed by atoms with E-state index in [0.29, 0.717) is 41.8 Å². The number of ether oxygens (including phenoxy) is 1. The quantitative estimate of drug-likeness (QED) is 0.495. The van der Waals surface area contributed by atoms with E-state index in [0.717, 1.165) is 17.5 Å². The smallest absolute Gasteiger partial charge is 0.379 e. The van der Waals surface area contributed by atoms with Gasteiger partial charge in [-0.15, -0.1) is 10.2 Å². The zero-order valence-corrected chi connectivity index (χ0v) is 18.3. The molecular formula is C22H22F3N7O. The van der Waals surface area contributed by atoms with Gasteiger partial charge in [-0.05, 0) is 17.7 Å². The number of hydrogen-bond donors (Lipinski definition) is 1. The average Bonchev–Trinajstić information content (AvgIpc) is 3.35. The van der Waals surface area contributed by atoms with E-state index in [9.17, 15) is 13.2 Å². The molecule has 5 rings (SSSR count). The number of aryl methyl sites for hydroxylation is 1. The van der Waals surface area contributed by atoms with Gasteiger partial charge in [0.15, 0.2) is 5.82 Å². The Balaban J connectivity index is 1.61. The van der Waals surface area contributed by atoms with Gasteiger partial charge in [0.1, 0.15) is 29.1 Å². The first kappa shape index (κ1) is 21.4. The van der Waals surface area contributed by atoms with Gasteiger partial charge in [0, 0.05) is 43.9 Å². The lowest BCUT2D eigenvalue weighted by molar-refractivity contribution is -0.141. The number of aromatic amines is 1. The summed E-state index contributed by atoms with van der Waals surface area (Å²) in [6.45, 7) is 1.05. The highest BCUT2D eigenvalue weighted by Crippen LogP contribution is 2.40. The van der Waals surface area contributed by atoms with Crippen molar-refractivity contribution in [3.63, 3.8) is 0 Å². The number of pyridine rings is 1. The van der Waals surface area contributed by atoms with Crippen LogP contribution in [0.3, 0.4) is 0 Å². The van der Waals surface area contributed by atoms with E-state index in [4.69, 9.17) is 4.74 Å². The van der Waals surface area contributed by atoms with Gasteiger partial charge in [-0.25, -0.2) is 4.98 Å². The zero-order valence-electron chi connectivity index (χ0n) is 18.3. The molecule has 0 saturated carbocycles. The predicted molar refractivity (Wildman–Crippen MR) is 116 cm³/mol. The molecule has 8 nitrogen and oxygen atoms in total. The Kier molecular flexibility index (Phi) is 4.89. The molecule has 3 aromatic heterocycles. The lowest BCUT2D eigenvalue weighted by Gasteiger charge is -2.41. The number of halogens is 3. The third-order valence-corrected chi connectivity index (χ3v) is 6.06. The summed E-state index contributed by atoms with van der Waals surface area (Å²) in [5.41, 5.74) is 1.39. The highest BCUT2D eigenvalue weighted by Gasteiger charge is 2.42. The van der Waals surface area contributed by atoms with Crippen molar-refractivity contribution < 1.29 is 17.9 Å². The second-order valence-electron chi connectivity index (χ2n) is 8.61. The third kappa shape index (κ3) is 3.62. The van der Waals surface area contributed by atoms with Crippen molar-refractivity contribution in [2.75, 3.05) is 32.2 Å². The first-order chi connectivity index (χ1) is 15.7. The van der Waals surface area contributed by atoms with E-state index in [1.165, 1.54) is 4.90 Å². The van der Waals surface area contributed by atoms with E-state index < -0.39 is 11.9 Å². The molecule has 1 aliphatic heterocycles. The summed E-state index contributed by atoms with van der Waals surface area (Å²) in [5, 5.41) is 15.8. The first-order valence-electron chi connectivity index (χ1n) is 10.3. The molecule has 0 aliphatic carbocycles. The number of hydrogen-bond acceptors (Lipinski definition) is 6. The van der Waals surface area contributed by atoms with Crippen molar-refractivity contribution >= 4 is 16.7 Å². The molecule has 11 heteroatoms. The van der Waals surface area contributed by atoms with Gasteiger partial charge in [-0.2, -0.15) is 18.3 Å². The number of fused-ring (bicyclic) bond motifs is 1. The minimum atomic E-state index is -4.57. The molecule has 0 radical (unpaired) electrons. The van der Waals surface area contributed by atoms with Crippen LogP contribution in [0, 0.1) is 0 Å². The molecule has 0 unspecified atom stereocenters. The maximum Gasteiger partial charge on any atom is 0.433 e. The maximum absolute atomic E-state index is 13.5. The second kappa shape index (κ2) is 7.55. The third-order valence-electron chi connectivity index (χ3n) is 6.06. The number of H-pyrrole nitrogens is 1. The van der Waals surface area contributed by atoms with Crippen molar-refractivity contribution in [1.82, 2.24) is 29.9 Å². The van der Waals surface area contributed by atoms with Gasteiger partial charge in [0.25, 0.3) is 0 Å². The Morgan fingerprint density at radius 3 is 2.61 bits per heavy atom. The molecule has 1 aromatic carbocycles. The number of aromatic nitrogens is 6. The van der Waals surface area contributed by atoms with E-state index in [1.54, 1.807) is 20.4 Å². The van der Waals surface area contributed by atoms with Crippen LogP contribution in [0.25, 0.3) is 22.2 Å². The van der Waals surface area contributed by atoms with Crippen molar-refractivity contribution in [2.45, 2.75) is 18.0 Å². The van der Waals surface area contributed by atoms with Crippen molar-refractivity contribution in [3.05, 3.63) is 53.7 Å². The zero-order chi connectivity index (χ0) is 23.4. The normalized spacial score (nSPS) is 15.6. The summed E-state index contributed by atoms with van der Waals surface area (Å²) in [6, 6.07) is 8.76. The van der Waals surface area contributed by atoms with Crippen LogP contribution >= 0.6 is 0 Å².